The van der Waals surface area contributed by atoms with E-state index in [1.54, 1.807) is 12.1 Å². The second-order valence-corrected chi connectivity index (χ2v) is 9.28. The van der Waals surface area contributed by atoms with Gasteiger partial charge in [0.15, 0.2) is 11.6 Å². The molecule has 3 heterocycles. The molecule has 4 aromatic rings. The van der Waals surface area contributed by atoms with Gasteiger partial charge in [-0.25, -0.2) is 9.67 Å². The van der Waals surface area contributed by atoms with E-state index in [4.69, 9.17) is 4.74 Å². The van der Waals surface area contributed by atoms with Crippen molar-refractivity contribution in [3.8, 4) is 28.5 Å². The molecule has 0 amide bonds. The topological polar surface area (TPSA) is 91.2 Å². The molecule has 3 N–H and O–H groups in total. The lowest BCUT2D eigenvalue weighted by Gasteiger charge is -2.16. The van der Waals surface area contributed by atoms with Crippen molar-refractivity contribution >= 4 is 11.0 Å². The molecule has 2 aromatic carbocycles. The predicted octanol–water partition coefficient (Wildman–Crippen LogP) is 4.43. The summed E-state index contributed by atoms with van der Waals surface area (Å²) in [5, 5.41) is 18.5. The maximum Gasteiger partial charge on any atom is 0.408 e. The van der Waals surface area contributed by atoms with Gasteiger partial charge in [0.2, 0.25) is 0 Å². The Hall–Kier alpha value is -3.41. The number of nitrogens with zero attached hydrogens (tertiary/aromatic N) is 4. The van der Waals surface area contributed by atoms with Crippen molar-refractivity contribution in [1.82, 2.24) is 30.0 Å². The molecule has 0 atom stereocenters. The summed E-state index contributed by atoms with van der Waals surface area (Å²) >= 11 is 0. The molecule has 0 aliphatic carbocycles. The molecule has 196 valence electrons. The minimum Gasteiger partial charge on any atom is -0.504 e. The van der Waals surface area contributed by atoms with Gasteiger partial charge in [0.1, 0.15) is 17.9 Å². The van der Waals surface area contributed by atoms with Crippen LogP contribution < -0.4 is 5.32 Å². The molecule has 1 aliphatic heterocycles. The minimum atomic E-state index is -4.53. The van der Waals surface area contributed by atoms with Crippen LogP contribution in [0, 0.1) is 0 Å². The van der Waals surface area contributed by atoms with Gasteiger partial charge < -0.3 is 20.1 Å². The Morgan fingerprint density at radius 2 is 1.86 bits per heavy atom. The van der Waals surface area contributed by atoms with Crippen molar-refractivity contribution in [1.29, 1.82) is 0 Å². The van der Waals surface area contributed by atoms with Crippen molar-refractivity contribution in [3.63, 3.8) is 0 Å². The smallest absolute Gasteiger partial charge is 0.408 e. The van der Waals surface area contributed by atoms with Crippen LogP contribution in [0.1, 0.15) is 23.6 Å². The molecule has 37 heavy (non-hydrogen) atoms. The van der Waals surface area contributed by atoms with Gasteiger partial charge in [-0.15, -0.1) is 0 Å². The molecular weight excluding hydrogens is 485 g/mol. The highest BCUT2D eigenvalue weighted by Gasteiger charge is 2.33. The zero-order chi connectivity index (χ0) is 26.2. The average Bonchev–Trinajstić information content (AvgIpc) is 3.53. The first-order valence-corrected chi connectivity index (χ1v) is 12.2. The van der Waals surface area contributed by atoms with Gasteiger partial charge in [-0.05, 0) is 42.8 Å². The molecule has 1 aliphatic rings. The molecule has 0 bridgehead atoms. The monoisotopic (exact) mass is 514 g/mol. The number of rotatable bonds is 9. The van der Waals surface area contributed by atoms with Crippen LogP contribution >= 0.6 is 0 Å². The highest BCUT2D eigenvalue weighted by Crippen LogP contribution is 2.39. The number of benzene rings is 2. The van der Waals surface area contributed by atoms with E-state index in [0.29, 0.717) is 42.9 Å². The van der Waals surface area contributed by atoms with E-state index < -0.39 is 12.7 Å². The van der Waals surface area contributed by atoms with Gasteiger partial charge >= 0.3 is 6.18 Å². The van der Waals surface area contributed by atoms with E-state index in [0.717, 1.165) is 34.5 Å². The third kappa shape index (κ3) is 5.48. The molecule has 0 saturated carbocycles. The molecule has 0 spiro atoms. The summed E-state index contributed by atoms with van der Waals surface area (Å²) in [6.45, 7) is 4.81. The van der Waals surface area contributed by atoms with Gasteiger partial charge in [0.25, 0.3) is 0 Å². The number of hydrogen-bond donors (Lipinski definition) is 3. The van der Waals surface area contributed by atoms with Crippen LogP contribution in [0.3, 0.4) is 0 Å². The van der Waals surface area contributed by atoms with Crippen LogP contribution in [0.15, 0.2) is 36.4 Å². The van der Waals surface area contributed by atoms with Gasteiger partial charge in [0.05, 0.1) is 17.6 Å². The Labute approximate surface area is 212 Å². The predicted molar refractivity (Wildman–Crippen MR) is 134 cm³/mol. The fraction of sp³-hybridized carbons (Fsp3) is 0.385. The lowest BCUT2D eigenvalue weighted by Crippen LogP contribution is -2.22. The SMILES string of the molecule is CCOCCN(C)Cc1ccc(-c2nn(CC(F)(F)F)c(-c3nc4cc5c(cc4[nH]3)CNC5)c2O)cc1. The maximum atomic E-state index is 13.4. The molecule has 0 unspecified atom stereocenters. The summed E-state index contributed by atoms with van der Waals surface area (Å²) in [6.07, 6.45) is -4.53. The lowest BCUT2D eigenvalue weighted by molar-refractivity contribution is -0.142. The largest absolute Gasteiger partial charge is 0.504 e. The average molecular weight is 515 g/mol. The van der Waals surface area contributed by atoms with Gasteiger partial charge in [0, 0.05) is 38.3 Å². The van der Waals surface area contributed by atoms with Crippen LogP contribution in [0.2, 0.25) is 0 Å². The fourth-order valence-electron chi connectivity index (χ4n) is 4.61. The Kier molecular flexibility index (Phi) is 6.93. The number of imidazole rings is 1. The normalized spacial score (nSPS) is 13.7. The zero-order valence-corrected chi connectivity index (χ0v) is 20.7. The Morgan fingerprint density at radius 1 is 1.14 bits per heavy atom. The third-order valence-electron chi connectivity index (χ3n) is 6.42. The van der Waals surface area contributed by atoms with Gasteiger partial charge in [-0.3, -0.25) is 4.90 Å². The minimum absolute atomic E-state index is 0.0719. The van der Waals surface area contributed by atoms with Crippen LogP contribution in [-0.4, -0.2) is 62.7 Å². The van der Waals surface area contributed by atoms with Crippen molar-refractivity contribution in [3.05, 3.63) is 53.1 Å². The van der Waals surface area contributed by atoms with Crippen molar-refractivity contribution in [2.45, 2.75) is 39.3 Å². The Balaban J connectivity index is 1.47. The molecule has 11 heteroatoms. The standard InChI is InChI=1S/C26H29F3N6O2/c1-3-37-9-8-34(2)14-16-4-6-17(7-5-16)22-24(36)23(35(33-22)15-26(27,28)29)25-31-20-10-18-12-30-13-19(18)11-21(20)32-25/h4-7,10-11,30,36H,3,8-9,12-15H2,1-2H3,(H,31,32). The number of aromatic nitrogens is 4. The van der Waals surface area contributed by atoms with E-state index in [1.807, 2.05) is 38.2 Å². The first kappa shape index (κ1) is 25.2. The second-order valence-electron chi connectivity index (χ2n) is 9.28. The van der Waals surface area contributed by atoms with Crippen LogP contribution in [0.4, 0.5) is 13.2 Å². The van der Waals surface area contributed by atoms with Gasteiger partial charge in [-0.2, -0.15) is 18.3 Å². The van der Waals surface area contributed by atoms with E-state index in [1.165, 1.54) is 0 Å². The summed E-state index contributed by atoms with van der Waals surface area (Å²) < 4.78 is 46.5. The number of ether oxygens (including phenoxy) is 1. The summed E-state index contributed by atoms with van der Waals surface area (Å²) in [7, 11) is 1.99. The fourth-order valence-corrected chi connectivity index (χ4v) is 4.61. The summed E-state index contributed by atoms with van der Waals surface area (Å²) in [5.74, 6) is -0.209. The van der Waals surface area contributed by atoms with Crippen molar-refractivity contribution in [2.75, 3.05) is 26.8 Å². The number of halogens is 3. The molecule has 5 rings (SSSR count). The van der Waals surface area contributed by atoms with Crippen LogP contribution in [-0.2, 0) is 30.9 Å². The quantitative estimate of drug-likeness (QED) is 0.286. The number of H-pyrrole nitrogens is 1. The summed E-state index contributed by atoms with van der Waals surface area (Å²) in [5.41, 5.74) is 5.04. The lowest BCUT2D eigenvalue weighted by atomic mass is 10.1. The highest BCUT2D eigenvalue weighted by atomic mass is 19.4. The second kappa shape index (κ2) is 10.2. The molecule has 8 nitrogen and oxygen atoms in total. The summed E-state index contributed by atoms with van der Waals surface area (Å²) in [6, 6.07) is 11.1. The van der Waals surface area contributed by atoms with E-state index in [-0.39, 0.29) is 23.0 Å². The van der Waals surface area contributed by atoms with E-state index in [2.05, 4.69) is 25.3 Å². The van der Waals surface area contributed by atoms with Crippen LogP contribution in [0.25, 0.3) is 33.8 Å². The molecule has 2 aromatic heterocycles. The highest BCUT2D eigenvalue weighted by molar-refractivity contribution is 5.83. The Bertz CT molecular complexity index is 1350. The van der Waals surface area contributed by atoms with Crippen molar-refractivity contribution < 1.29 is 23.0 Å². The van der Waals surface area contributed by atoms with Crippen molar-refractivity contribution in [2.24, 2.45) is 0 Å². The number of hydrogen-bond acceptors (Lipinski definition) is 6. The first-order valence-electron chi connectivity index (χ1n) is 12.2. The molecule has 0 fully saturated rings. The van der Waals surface area contributed by atoms with Gasteiger partial charge in [-0.1, -0.05) is 24.3 Å². The number of nitrogens with one attached hydrogen (secondary N) is 2. The van der Waals surface area contributed by atoms with E-state index >= 15 is 0 Å². The number of aromatic hydroxyl groups is 1. The molecular formula is C26H29F3N6O2. The third-order valence-corrected chi connectivity index (χ3v) is 6.42. The number of alkyl halides is 3. The first-order chi connectivity index (χ1) is 17.7. The number of aromatic amines is 1. The zero-order valence-electron chi connectivity index (χ0n) is 20.7. The maximum absolute atomic E-state index is 13.4. The molecule has 0 saturated heterocycles. The Morgan fingerprint density at radius 3 is 2.57 bits per heavy atom. The number of fused-ring (bicyclic) bond motifs is 2. The van der Waals surface area contributed by atoms with Crippen LogP contribution in [0.5, 0.6) is 5.75 Å². The summed E-state index contributed by atoms with van der Waals surface area (Å²) in [4.78, 5) is 9.71. The van der Waals surface area contributed by atoms with E-state index in [9.17, 15) is 18.3 Å². The number of likely N-dealkylation sites (N-methyl/N-ethyl adjacent to an activating group) is 1. The molecule has 0 radical (unpaired) electrons.